The Kier molecular flexibility index (Phi) is 4.90. The molecule has 2 rings (SSSR count). The Hall–Kier alpha value is -1.95. The van der Waals surface area contributed by atoms with Crippen molar-refractivity contribution >= 4 is 17.2 Å². The maximum atomic E-state index is 12.2. The molecule has 2 aromatic heterocycles. The molecule has 21 heavy (non-hydrogen) atoms. The van der Waals surface area contributed by atoms with Crippen molar-refractivity contribution in [2.75, 3.05) is 0 Å². The Morgan fingerprint density at radius 3 is 2.81 bits per heavy atom. The number of carbonyl (C=O) groups excluding carboxylic acids is 1. The van der Waals surface area contributed by atoms with Gasteiger partial charge >= 0.3 is 0 Å². The maximum Gasteiger partial charge on any atom is 0.254 e. The minimum atomic E-state index is -0.237. The average Bonchev–Trinajstić information content (AvgIpc) is 2.94. The number of amides is 1. The minimum absolute atomic E-state index is 0.00436. The van der Waals surface area contributed by atoms with E-state index < -0.39 is 0 Å². The predicted molar refractivity (Wildman–Crippen MR) is 83.5 cm³/mol. The lowest BCUT2D eigenvalue weighted by Gasteiger charge is -2.15. The Morgan fingerprint density at radius 1 is 1.48 bits per heavy atom. The van der Waals surface area contributed by atoms with Gasteiger partial charge in [0.2, 0.25) is 5.91 Å². The molecule has 1 amide bonds. The summed E-state index contributed by atoms with van der Waals surface area (Å²) in [5.74, 6) is 0.404. The van der Waals surface area contributed by atoms with E-state index in [1.807, 2.05) is 24.4 Å². The molecule has 0 radical (unpaired) electrons. The Labute approximate surface area is 127 Å². The van der Waals surface area contributed by atoms with Crippen LogP contribution in [0.4, 0.5) is 0 Å². The summed E-state index contributed by atoms with van der Waals surface area (Å²) >= 11 is 1.62. The lowest BCUT2D eigenvalue weighted by atomic mass is 10.1. The fourth-order valence-corrected chi connectivity index (χ4v) is 3.09. The van der Waals surface area contributed by atoms with Crippen LogP contribution in [0.15, 0.2) is 22.3 Å². The SMILES string of the molecule is CC[C@H](NC(=O)Cc1c(C)nc(C)[nH]c1=O)c1cccs1. The quantitative estimate of drug-likeness (QED) is 0.889. The number of rotatable bonds is 5. The molecule has 6 heteroatoms. The van der Waals surface area contributed by atoms with E-state index in [2.05, 4.69) is 15.3 Å². The molecule has 0 spiro atoms. The van der Waals surface area contributed by atoms with Gasteiger partial charge in [-0.2, -0.15) is 0 Å². The molecule has 0 unspecified atom stereocenters. The van der Waals surface area contributed by atoms with Gasteiger partial charge in [0, 0.05) is 16.1 Å². The summed E-state index contributed by atoms with van der Waals surface area (Å²) in [7, 11) is 0. The third kappa shape index (κ3) is 3.78. The van der Waals surface area contributed by atoms with Gasteiger partial charge in [-0.15, -0.1) is 11.3 Å². The van der Waals surface area contributed by atoms with E-state index in [1.165, 1.54) is 0 Å². The highest BCUT2D eigenvalue weighted by Crippen LogP contribution is 2.21. The van der Waals surface area contributed by atoms with Crippen LogP contribution < -0.4 is 10.9 Å². The van der Waals surface area contributed by atoms with Crippen molar-refractivity contribution in [3.8, 4) is 0 Å². The summed E-state index contributed by atoms with van der Waals surface area (Å²) in [4.78, 5) is 32.0. The van der Waals surface area contributed by atoms with Crippen LogP contribution in [0.25, 0.3) is 0 Å². The van der Waals surface area contributed by atoms with E-state index in [1.54, 1.807) is 25.2 Å². The number of nitrogens with zero attached hydrogens (tertiary/aromatic N) is 1. The normalized spacial score (nSPS) is 12.1. The summed E-state index contributed by atoms with van der Waals surface area (Å²) in [6.45, 7) is 5.50. The van der Waals surface area contributed by atoms with Crippen LogP contribution in [0.2, 0.25) is 0 Å². The van der Waals surface area contributed by atoms with Gasteiger partial charge in [0.15, 0.2) is 0 Å². The molecule has 0 saturated heterocycles. The number of hydrogen-bond donors (Lipinski definition) is 2. The van der Waals surface area contributed by atoms with Crippen LogP contribution in [0.1, 0.15) is 41.3 Å². The van der Waals surface area contributed by atoms with Gasteiger partial charge in [-0.3, -0.25) is 9.59 Å². The number of carbonyl (C=O) groups is 1. The molecule has 0 fully saturated rings. The highest BCUT2D eigenvalue weighted by molar-refractivity contribution is 7.10. The molecule has 0 aliphatic rings. The van der Waals surface area contributed by atoms with E-state index in [4.69, 9.17) is 0 Å². The lowest BCUT2D eigenvalue weighted by Crippen LogP contribution is -2.31. The standard InChI is InChI=1S/C15H19N3O2S/c1-4-12(13-6-5-7-21-13)18-14(19)8-11-9(2)16-10(3)17-15(11)20/h5-7,12H,4,8H2,1-3H3,(H,18,19)(H,16,17,20)/t12-/m0/s1. The molecule has 112 valence electrons. The van der Waals surface area contributed by atoms with Gasteiger partial charge in [0.25, 0.3) is 5.56 Å². The first-order chi connectivity index (χ1) is 10.0. The molecular weight excluding hydrogens is 286 g/mol. The molecule has 0 bridgehead atoms. The van der Waals surface area contributed by atoms with Gasteiger partial charge in [-0.05, 0) is 31.7 Å². The van der Waals surface area contributed by atoms with Crippen molar-refractivity contribution in [1.82, 2.24) is 15.3 Å². The number of hydrogen-bond acceptors (Lipinski definition) is 4. The molecule has 0 aliphatic carbocycles. The summed E-state index contributed by atoms with van der Waals surface area (Å²) in [5, 5.41) is 4.97. The van der Waals surface area contributed by atoms with E-state index in [-0.39, 0.29) is 23.9 Å². The summed E-state index contributed by atoms with van der Waals surface area (Å²) in [6.07, 6.45) is 0.865. The first-order valence-electron chi connectivity index (χ1n) is 6.90. The van der Waals surface area contributed by atoms with Crippen molar-refractivity contribution in [1.29, 1.82) is 0 Å². The van der Waals surface area contributed by atoms with Crippen LogP contribution in [0.3, 0.4) is 0 Å². The number of aromatic nitrogens is 2. The molecule has 0 aromatic carbocycles. The first kappa shape index (κ1) is 15.4. The van der Waals surface area contributed by atoms with Crippen molar-refractivity contribution in [3.05, 3.63) is 49.8 Å². The largest absolute Gasteiger partial charge is 0.348 e. The first-order valence-corrected chi connectivity index (χ1v) is 7.78. The van der Waals surface area contributed by atoms with Crippen LogP contribution >= 0.6 is 11.3 Å². The van der Waals surface area contributed by atoms with Gasteiger partial charge in [0.05, 0.1) is 12.5 Å². The van der Waals surface area contributed by atoms with Crippen LogP contribution in [0, 0.1) is 13.8 Å². The summed E-state index contributed by atoms with van der Waals surface area (Å²) < 4.78 is 0. The number of thiophene rings is 1. The Balaban J connectivity index is 2.10. The summed E-state index contributed by atoms with van der Waals surface area (Å²) in [5.41, 5.74) is 0.800. The third-order valence-electron chi connectivity index (χ3n) is 3.31. The highest BCUT2D eigenvalue weighted by atomic mass is 32.1. The van der Waals surface area contributed by atoms with Crippen molar-refractivity contribution in [3.63, 3.8) is 0 Å². The van der Waals surface area contributed by atoms with Crippen molar-refractivity contribution in [2.24, 2.45) is 0 Å². The molecule has 0 aliphatic heterocycles. The smallest absolute Gasteiger partial charge is 0.254 e. The van der Waals surface area contributed by atoms with Crippen LogP contribution in [-0.2, 0) is 11.2 Å². The maximum absolute atomic E-state index is 12.2. The zero-order chi connectivity index (χ0) is 15.4. The minimum Gasteiger partial charge on any atom is -0.348 e. The van der Waals surface area contributed by atoms with Gasteiger partial charge in [-0.1, -0.05) is 13.0 Å². The second-order valence-electron chi connectivity index (χ2n) is 4.94. The number of nitrogens with one attached hydrogen (secondary N) is 2. The van der Waals surface area contributed by atoms with E-state index >= 15 is 0 Å². The second-order valence-corrected chi connectivity index (χ2v) is 5.92. The molecule has 2 N–H and O–H groups in total. The second kappa shape index (κ2) is 6.67. The fourth-order valence-electron chi connectivity index (χ4n) is 2.23. The van der Waals surface area contributed by atoms with Gasteiger partial charge in [0.1, 0.15) is 5.82 Å². The third-order valence-corrected chi connectivity index (χ3v) is 4.29. The molecular formula is C15H19N3O2S. The molecule has 2 heterocycles. The zero-order valence-corrected chi connectivity index (χ0v) is 13.2. The van der Waals surface area contributed by atoms with Gasteiger partial charge < -0.3 is 10.3 Å². The Bertz CT molecular complexity index is 677. The lowest BCUT2D eigenvalue weighted by molar-refractivity contribution is -0.121. The number of aromatic amines is 1. The summed E-state index contributed by atoms with van der Waals surface area (Å²) in [6, 6.07) is 3.97. The topological polar surface area (TPSA) is 74.8 Å². The molecule has 2 aromatic rings. The highest BCUT2D eigenvalue weighted by Gasteiger charge is 2.16. The monoisotopic (exact) mass is 305 g/mol. The molecule has 5 nitrogen and oxygen atoms in total. The van der Waals surface area contributed by atoms with Crippen LogP contribution in [-0.4, -0.2) is 15.9 Å². The average molecular weight is 305 g/mol. The number of aryl methyl sites for hydroxylation is 2. The van der Waals surface area contributed by atoms with Crippen LogP contribution in [0.5, 0.6) is 0 Å². The van der Waals surface area contributed by atoms with E-state index in [9.17, 15) is 9.59 Å². The van der Waals surface area contributed by atoms with E-state index in [0.717, 1.165) is 11.3 Å². The zero-order valence-electron chi connectivity index (χ0n) is 12.4. The van der Waals surface area contributed by atoms with Gasteiger partial charge in [-0.25, -0.2) is 4.98 Å². The van der Waals surface area contributed by atoms with Crippen molar-refractivity contribution < 1.29 is 4.79 Å². The fraction of sp³-hybridized carbons (Fsp3) is 0.400. The van der Waals surface area contributed by atoms with E-state index in [0.29, 0.717) is 17.1 Å². The molecule has 0 saturated carbocycles. The van der Waals surface area contributed by atoms with Crippen molar-refractivity contribution in [2.45, 2.75) is 39.7 Å². The number of H-pyrrole nitrogens is 1. The Morgan fingerprint density at radius 2 is 2.24 bits per heavy atom. The predicted octanol–water partition coefficient (Wildman–Crippen LogP) is 2.26. The molecule has 1 atom stereocenters.